The first kappa shape index (κ1) is 16.8. The molecule has 0 aromatic heterocycles. The number of hydrogen-bond acceptors (Lipinski definition) is 3. The van der Waals surface area contributed by atoms with Crippen molar-refractivity contribution in [3.8, 4) is 5.75 Å². The summed E-state index contributed by atoms with van der Waals surface area (Å²) in [6, 6.07) is 7.90. The van der Waals surface area contributed by atoms with Crippen molar-refractivity contribution in [3.63, 3.8) is 0 Å². The predicted octanol–water partition coefficient (Wildman–Crippen LogP) is 2.73. The summed E-state index contributed by atoms with van der Waals surface area (Å²) >= 11 is 0. The van der Waals surface area contributed by atoms with Gasteiger partial charge in [-0.15, -0.1) is 0 Å². The Morgan fingerprint density at radius 1 is 1.32 bits per heavy atom. The Morgan fingerprint density at radius 3 is 2.50 bits per heavy atom. The van der Waals surface area contributed by atoms with E-state index in [1.54, 1.807) is 11.8 Å². The molecule has 22 heavy (non-hydrogen) atoms. The summed E-state index contributed by atoms with van der Waals surface area (Å²) in [5.41, 5.74) is 1.34. The Kier molecular flexibility index (Phi) is 5.12. The highest BCUT2D eigenvalue weighted by Gasteiger charge is 2.26. The third-order valence-electron chi connectivity index (χ3n) is 4.09. The van der Waals surface area contributed by atoms with Gasteiger partial charge in [0, 0.05) is 13.1 Å². The average Bonchev–Trinajstić information content (AvgIpc) is 2.46. The number of hydrogen-bond donors (Lipinski definition) is 1. The summed E-state index contributed by atoms with van der Waals surface area (Å²) in [5, 5.41) is 9.67. The fraction of sp³-hybridized carbons (Fsp3) is 0.611. The third-order valence-corrected chi connectivity index (χ3v) is 4.09. The van der Waals surface area contributed by atoms with Crippen LogP contribution in [0.5, 0.6) is 5.75 Å². The summed E-state index contributed by atoms with van der Waals surface area (Å²) in [4.78, 5) is 14.1. The Hall–Kier alpha value is -1.55. The lowest BCUT2D eigenvalue weighted by atomic mass is 9.87. The van der Waals surface area contributed by atoms with Crippen molar-refractivity contribution in [2.24, 2.45) is 0 Å². The second kappa shape index (κ2) is 6.69. The summed E-state index contributed by atoms with van der Waals surface area (Å²) in [6.45, 7) is 9.37. The highest BCUT2D eigenvalue weighted by atomic mass is 16.5. The highest BCUT2D eigenvalue weighted by molar-refractivity contribution is 5.81. The van der Waals surface area contributed by atoms with E-state index in [0.29, 0.717) is 18.8 Å². The molecule has 1 aromatic rings. The van der Waals surface area contributed by atoms with Crippen LogP contribution in [0.1, 0.15) is 46.1 Å². The van der Waals surface area contributed by atoms with Crippen LogP contribution in [0.4, 0.5) is 0 Å². The first-order chi connectivity index (χ1) is 10.3. The minimum absolute atomic E-state index is 0.0568. The van der Waals surface area contributed by atoms with Crippen LogP contribution in [0.15, 0.2) is 24.3 Å². The maximum absolute atomic E-state index is 12.4. The van der Waals surface area contributed by atoms with E-state index in [2.05, 4.69) is 20.8 Å². The van der Waals surface area contributed by atoms with E-state index in [1.165, 1.54) is 5.56 Å². The van der Waals surface area contributed by atoms with Crippen LogP contribution in [0, 0.1) is 0 Å². The van der Waals surface area contributed by atoms with Crippen molar-refractivity contribution >= 4 is 5.91 Å². The molecular formula is C18H27NO3. The number of rotatable bonds is 3. The number of ether oxygens (including phenoxy) is 1. The predicted molar refractivity (Wildman–Crippen MR) is 87.1 cm³/mol. The molecule has 1 saturated heterocycles. The van der Waals surface area contributed by atoms with Crippen molar-refractivity contribution in [2.45, 2.75) is 58.2 Å². The number of β-amino-alcohol motifs (C(OH)–C–C–N with tert-alkyl or cyclic N) is 1. The van der Waals surface area contributed by atoms with Crippen molar-refractivity contribution < 1.29 is 14.6 Å². The number of likely N-dealkylation sites (tertiary alicyclic amines) is 1. The van der Waals surface area contributed by atoms with Crippen LogP contribution in [0.2, 0.25) is 0 Å². The SMILES string of the molecule is CC(Oc1ccc(C(C)(C)C)cc1)C(=O)N1CCCC(O)C1. The van der Waals surface area contributed by atoms with Crippen molar-refractivity contribution in [1.82, 2.24) is 4.90 Å². The zero-order valence-electron chi connectivity index (χ0n) is 14.0. The van der Waals surface area contributed by atoms with Crippen molar-refractivity contribution in [1.29, 1.82) is 0 Å². The van der Waals surface area contributed by atoms with Gasteiger partial charge < -0.3 is 14.7 Å². The second-order valence-corrected chi connectivity index (χ2v) is 7.11. The molecule has 122 valence electrons. The lowest BCUT2D eigenvalue weighted by Gasteiger charge is -2.32. The van der Waals surface area contributed by atoms with Crippen LogP contribution >= 0.6 is 0 Å². The molecule has 1 N–H and O–H groups in total. The molecule has 4 nitrogen and oxygen atoms in total. The van der Waals surface area contributed by atoms with Gasteiger partial charge in [0.05, 0.1) is 6.10 Å². The van der Waals surface area contributed by atoms with E-state index in [0.717, 1.165) is 12.8 Å². The van der Waals surface area contributed by atoms with Crippen LogP contribution in [-0.2, 0) is 10.2 Å². The van der Waals surface area contributed by atoms with Gasteiger partial charge >= 0.3 is 0 Å². The van der Waals surface area contributed by atoms with Crippen molar-refractivity contribution in [2.75, 3.05) is 13.1 Å². The zero-order chi connectivity index (χ0) is 16.3. The molecule has 0 bridgehead atoms. The minimum atomic E-state index is -0.536. The molecule has 2 atom stereocenters. The molecule has 2 unspecified atom stereocenters. The van der Waals surface area contributed by atoms with Gasteiger partial charge in [-0.2, -0.15) is 0 Å². The van der Waals surface area contributed by atoms with Crippen molar-refractivity contribution in [3.05, 3.63) is 29.8 Å². The molecule has 1 fully saturated rings. The highest BCUT2D eigenvalue weighted by Crippen LogP contribution is 2.25. The molecular weight excluding hydrogens is 278 g/mol. The molecule has 0 aliphatic carbocycles. The molecule has 0 radical (unpaired) electrons. The van der Waals surface area contributed by atoms with Crippen LogP contribution in [0.3, 0.4) is 0 Å². The first-order valence-corrected chi connectivity index (χ1v) is 8.01. The maximum Gasteiger partial charge on any atom is 0.263 e. The number of amides is 1. The Balaban J connectivity index is 1.96. The van der Waals surface area contributed by atoms with Gasteiger partial charge in [-0.1, -0.05) is 32.9 Å². The molecule has 1 amide bonds. The van der Waals surface area contributed by atoms with Crippen LogP contribution < -0.4 is 4.74 Å². The smallest absolute Gasteiger partial charge is 0.263 e. The lowest BCUT2D eigenvalue weighted by molar-refractivity contribution is -0.141. The average molecular weight is 305 g/mol. The van der Waals surface area contributed by atoms with Gasteiger partial charge in [0.2, 0.25) is 0 Å². The van der Waals surface area contributed by atoms with E-state index in [-0.39, 0.29) is 11.3 Å². The monoisotopic (exact) mass is 305 g/mol. The van der Waals surface area contributed by atoms with E-state index in [4.69, 9.17) is 4.74 Å². The normalized spacial score (nSPS) is 20.6. The van der Waals surface area contributed by atoms with Crippen LogP contribution in [-0.4, -0.2) is 41.2 Å². The van der Waals surface area contributed by atoms with E-state index in [9.17, 15) is 9.90 Å². The van der Waals surface area contributed by atoms with Gasteiger partial charge in [0.15, 0.2) is 6.10 Å². The molecule has 1 heterocycles. The number of aliphatic hydroxyl groups excluding tert-OH is 1. The molecule has 1 aliphatic heterocycles. The number of carbonyl (C=O) groups excluding carboxylic acids is 1. The number of nitrogens with zero attached hydrogens (tertiary/aromatic N) is 1. The standard InChI is InChI=1S/C18H27NO3/c1-13(17(21)19-11-5-6-15(20)12-19)22-16-9-7-14(8-10-16)18(2,3)4/h7-10,13,15,20H,5-6,11-12H2,1-4H3. The molecule has 1 aliphatic rings. The summed E-state index contributed by atoms with van der Waals surface area (Å²) in [7, 11) is 0. The van der Waals surface area contributed by atoms with Gasteiger partial charge in [0.25, 0.3) is 5.91 Å². The van der Waals surface area contributed by atoms with Gasteiger partial charge in [0.1, 0.15) is 5.75 Å². The third kappa shape index (κ3) is 4.23. The van der Waals surface area contributed by atoms with Crippen LogP contribution in [0.25, 0.3) is 0 Å². The van der Waals surface area contributed by atoms with E-state index in [1.807, 2.05) is 24.3 Å². The molecule has 0 spiro atoms. The summed E-state index contributed by atoms with van der Waals surface area (Å²) in [6.07, 6.45) is 0.675. The minimum Gasteiger partial charge on any atom is -0.481 e. The zero-order valence-corrected chi connectivity index (χ0v) is 14.0. The largest absolute Gasteiger partial charge is 0.481 e. The van der Waals surface area contributed by atoms with Gasteiger partial charge in [-0.05, 0) is 42.9 Å². The lowest BCUT2D eigenvalue weighted by Crippen LogP contribution is -2.47. The second-order valence-electron chi connectivity index (χ2n) is 7.11. The van der Waals surface area contributed by atoms with Gasteiger partial charge in [-0.25, -0.2) is 0 Å². The Labute approximate surface area is 133 Å². The van der Waals surface area contributed by atoms with E-state index < -0.39 is 12.2 Å². The summed E-state index contributed by atoms with van der Waals surface area (Å²) < 4.78 is 5.76. The Morgan fingerprint density at radius 2 is 1.95 bits per heavy atom. The van der Waals surface area contributed by atoms with E-state index >= 15 is 0 Å². The number of carbonyl (C=O) groups is 1. The summed E-state index contributed by atoms with van der Waals surface area (Å²) in [5.74, 6) is 0.644. The molecule has 1 aromatic carbocycles. The maximum atomic E-state index is 12.4. The Bertz CT molecular complexity index is 504. The quantitative estimate of drug-likeness (QED) is 0.934. The molecule has 4 heteroatoms. The number of benzene rings is 1. The molecule has 2 rings (SSSR count). The number of aliphatic hydroxyl groups is 1. The fourth-order valence-corrected chi connectivity index (χ4v) is 2.70. The first-order valence-electron chi connectivity index (χ1n) is 8.01. The van der Waals surface area contributed by atoms with Gasteiger partial charge in [-0.3, -0.25) is 4.79 Å². The molecule has 0 saturated carbocycles. The number of piperidine rings is 1. The topological polar surface area (TPSA) is 49.8 Å². The fourth-order valence-electron chi connectivity index (χ4n) is 2.70.